The Morgan fingerprint density at radius 1 is 1.32 bits per heavy atom. The smallest absolute Gasteiger partial charge is 0.422 e. The van der Waals surface area contributed by atoms with Crippen molar-refractivity contribution in [3.63, 3.8) is 0 Å². The molecule has 0 saturated carbocycles. The average Bonchev–Trinajstić information content (AvgIpc) is 2.10. The van der Waals surface area contributed by atoms with Gasteiger partial charge in [-0.2, -0.15) is 13.2 Å². The highest BCUT2D eigenvalue weighted by atomic mass is 32.2. The van der Waals surface area contributed by atoms with Gasteiger partial charge in [-0.05, 0) is 13.8 Å². The molecule has 0 saturated heterocycles. The van der Waals surface area contributed by atoms with E-state index in [4.69, 9.17) is 0 Å². The Morgan fingerprint density at radius 3 is 2.16 bits per heavy atom. The Balaban J connectivity index is 4.31. The lowest BCUT2D eigenvalue weighted by molar-refractivity contribution is -0.150. The third-order valence-corrected chi connectivity index (χ3v) is 2.93. The number of rotatable bonds is 6. The van der Waals surface area contributed by atoms with Crippen LogP contribution in [0.1, 0.15) is 20.3 Å². The lowest BCUT2D eigenvalue weighted by Gasteiger charge is -2.24. The summed E-state index contributed by atoms with van der Waals surface area (Å²) in [5.74, 6) is -1.57. The van der Waals surface area contributed by atoms with Crippen LogP contribution in [-0.2, 0) is 19.6 Å². The van der Waals surface area contributed by atoms with Gasteiger partial charge in [0, 0.05) is 12.0 Å². The van der Waals surface area contributed by atoms with Crippen molar-refractivity contribution < 1.29 is 31.1 Å². The molecular formula is C10H16F3NO4S. The van der Waals surface area contributed by atoms with Gasteiger partial charge in [0.1, 0.15) is 5.57 Å². The predicted octanol–water partition coefficient (Wildman–Crippen LogP) is 1.37. The largest absolute Gasteiger partial charge is 0.462 e. The molecule has 9 heteroatoms. The molecule has 5 nitrogen and oxygen atoms in total. The second kappa shape index (κ2) is 5.91. The highest BCUT2D eigenvalue weighted by molar-refractivity contribution is 7.88. The van der Waals surface area contributed by atoms with Gasteiger partial charge in [0.15, 0.2) is 0 Å². The maximum absolute atomic E-state index is 12.1. The number of alkyl halides is 3. The zero-order chi connectivity index (χ0) is 15.5. The molecule has 0 spiro atoms. The highest BCUT2D eigenvalue weighted by Gasteiger charge is 2.38. The second-order valence-corrected chi connectivity index (χ2v) is 6.37. The molecule has 0 atom stereocenters. The van der Waals surface area contributed by atoms with Crippen molar-refractivity contribution in [2.24, 2.45) is 0 Å². The number of sulfonamides is 1. The van der Waals surface area contributed by atoms with E-state index in [-0.39, 0.29) is 13.0 Å². The number of ether oxygens (including phenoxy) is 1. The van der Waals surface area contributed by atoms with E-state index in [2.05, 4.69) is 16.0 Å². The van der Waals surface area contributed by atoms with Crippen LogP contribution >= 0.6 is 0 Å². The van der Waals surface area contributed by atoms with E-state index >= 15 is 0 Å². The van der Waals surface area contributed by atoms with Crippen LogP contribution in [0.15, 0.2) is 12.2 Å². The first-order valence-corrected chi connectivity index (χ1v) is 7.06. The summed E-state index contributed by atoms with van der Waals surface area (Å²) < 4.78 is 64.9. The van der Waals surface area contributed by atoms with Gasteiger partial charge >= 0.3 is 12.1 Å². The fraction of sp³-hybridized carbons (Fsp3) is 0.700. The summed E-state index contributed by atoms with van der Waals surface area (Å²) in [6, 6.07) is 0. The molecule has 19 heavy (non-hydrogen) atoms. The van der Waals surface area contributed by atoms with Crippen molar-refractivity contribution in [3.8, 4) is 0 Å². The van der Waals surface area contributed by atoms with Crippen LogP contribution in [0, 0.1) is 0 Å². The van der Waals surface area contributed by atoms with Crippen molar-refractivity contribution in [2.45, 2.75) is 32.0 Å². The Hall–Kier alpha value is -1.09. The summed E-state index contributed by atoms with van der Waals surface area (Å²) in [6.07, 6.45) is -3.86. The molecule has 0 heterocycles. The van der Waals surface area contributed by atoms with E-state index in [1.165, 1.54) is 13.8 Å². The number of carbonyl (C=O) groups is 1. The van der Waals surface area contributed by atoms with Crippen molar-refractivity contribution in [1.82, 2.24) is 4.72 Å². The summed E-state index contributed by atoms with van der Waals surface area (Å²) in [5.41, 5.74) is -2.53. The Morgan fingerprint density at radius 2 is 1.79 bits per heavy atom. The summed E-state index contributed by atoms with van der Waals surface area (Å²) in [7, 11) is -3.46. The summed E-state index contributed by atoms with van der Waals surface area (Å²) in [4.78, 5) is 11.0. The molecule has 0 aromatic heterocycles. The average molecular weight is 303 g/mol. The lowest BCUT2D eigenvalue weighted by Crippen LogP contribution is -2.43. The van der Waals surface area contributed by atoms with Gasteiger partial charge in [0.25, 0.3) is 0 Å². The maximum atomic E-state index is 12.1. The molecule has 0 aliphatic carbocycles. The zero-order valence-electron chi connectivity index (χ0n) is 10.8. The van der Waals surface area contributed by atoms with E-state index in [9.17, 15) is 26.4 Å². The van der Waals surface area contributed by atoms with Gasteiger partial charge in [-0.1, -0.05) is 6.58 Å². The van der Waals surface area contributed by atoms with E-state index in [1.54, 1.807) is 0 Å². The third-order valence-electron chi connectivity index (χ3n) is 2.01. The minimum absolute atomic E-state index is 0.0247. The van der Waals surface area contributed by atoms with Gasteiger partial charge in [-0.3, -0.25) is 0 Å². The molecule has 1 N–H and O–H groups in total. The molecule has 0 bridgehead atoms. The van der Waals surface area contributed by atoms with Crippen molar-refractivity contribution >= 4 is 16.0 Å². The van der Waals surface area contributed by atoms with Crippen molar-refractivity contribution in [1.29, 1.82) is 0 Å². The highest BCUT2D eigenvalue weighted by Crippen LogP contribution is 2.25. The van der Waals surface area contributed by atoms with Gasteiger partial charge in [-0.15, -0.1) is 0 Å². The van der Waals surface area contributed by atoms with E-state index in [1.807, 2.05) is 0 Å². The number of nitrogens with one attached hydrogen (secondary N) is 1. The third kappa shape index (κ3) is 7.83. The quantitative estimate of drug-likeness (QED) is 0.594. The molecule has 112 valence electrons. The second-order valence-electron chi connectivity index (χ2n) is 4.62. The number of hydrogen-bond acceptors (Lipinski definition) is 4. The first kappa shape index (κ1) is 17.9. The number of carbonyl (C=O) groups excluding carboxylic acids is 1. The van der Waals surface area contributed by atoms with Crippen LogP contribution in [-0.4, -0.2) is 39.0 Å². The van der Waals surface area contributed by atoms with Crippen LogP contribution in [0.25, 0.3) is 0 Å². The molecule has 0 rings (SSSR count). The number of halogens is 3. The van der Waals surface area contributed by atoms with Crippen LogP contribution < -0.4 is 4.72 Å². The number of hydrogen-bond donors (Lipinski definition) is 1. The van der Waals surface area contributed by atoms with Crippen LogP contribution in [0.5, 0.6) is 0 Å². The Labute approximate surface area is 109 Å². The SMILES string of the molecule is C=C(C(=O)OCCC(C)(C)NS(C)(=O)=O)C(F)(F)F. The van der Waals surface area contributed by atoms with E-state index in [0.29, 0.717) is 0 Å². The Kier molecular flexibility index (Phi) is 5.57. The monoisotopic (exact) mass is 303 g/mol. The minimum atomic E-state index is -4.84. The topological polar surface area (TPSA) is 72.5 Å². The van der Waals surface area contributed by atoms with Gasteiger partial charge in [-0.25, -0.2) is 17.9 Å². The predicted molar refractivity (Wildman–Crippen MR) is 62.8 cm³/mol. The summed E-state index contributed by atoms with van der Waals surface area (Å²) in [6.45, 7) is 5.26. The first-order chi connectivity index (χ1) is 8.25. The van der Waals surface area contributed by atoms with E-state index < -0.39 is 33.3 Å². The fourth-order valence-electron chi connectivity index (χ4n) is 1.15. The van der Waals surface area contributed by atoms with Crippen LogP contribution in [0.2, 0.25) is 0 Å². The molecule has 0 aliphatic heterocycles. The zero-order valence-corrected chi connectivity index (χ0v) is 11.6. The molecule has 0 radical (unpaired) electrons. The summed E-state index contributed by atoms with van der Waals surface area (Å²) in [5, 5.41) is 0. The van der Waals surface area contributed by atoms with Crippen LogP contribution in [0.3, 0.4) is 0 Å². The molecule has 0 aliphatic rings. The molecular weight excluding hydrogens is 287 g/mol. The normalized spacial score (nSPS) is 13.2. The van der Waals surface area contributed by atoms with Crippen molar-refractivity contribution in [2.75, 3.05) is 12.9 Å². The van der Waals surface area contributed by atoms with Crippen LogP contribution in [0.4, 0.5) is 13.2 Å². The number of esters is 1. The Bertz CT molecular complexity index is 454. The fourth-order valence-corrected chi connectivity index (χ4v) is 2.26. The molecule has 0 unspecified atom stereocenters. The summed E-state index contributed by atoms with van der Waals surface area (Å²) >= 11 is 0. The van der Waals surface area contributed by atoms with E-state index in [0.717, 1.165) is 6.26 Å². The maximum Gasteiger partial charge on any atom is 0.422 e. The molecule has 0 amide bonds. The van der Waals surface area contributed by atoms with Gasteiger partial charge in [0.2, 0.25) is 10.0 Å². The molecule has 0 fully saturated rings. The standard InChI is InChI=1S/C10H16F3NO4S/c1-7(10(11,12)13)8(15)18-6-5-9(2,3)14-19(4,16)17/h14H,1,5-6H2,2-4H3. The lowest BCUT2D eigenvalue weighted by atomic mass is 10.0. The first-order valence-electron chi connectivity index (χ1n) is 5.17. The van der Waals surface area contributed by atoms with Crippen molar-refractivity contribution in [3.05, 3.63) is 12.2 Å². The minimum Gasteiger partial charge on any atom is -0.462 e. The molecule has 0 aromatic carbocycles. The van der Waals surface area contributed by atoms with Gasteiger partial charge < -0.3 is 4.74 Å². The van der Waals surface area contributed by atoms with Gasteiger partial charge in [0.05, 0.1) is 12.9 Å². The molecule has 0 aromatic rings.